The van der Waals surface area contributed by atoms with Crippen molar-refractivity contribution in [1.82, 2.24) is 4.98 Å². The predicted molar refractivity (Wildman–Crippen MR) is 63.5 cm³/mol. The van der Waals surface area contributed by atoms with Crippen LogP contribution in [0.4, 0.5) is 11.4 Å². The maximum Gasteiger partial charge on any atom is 0.142 e. The second-order valence-electron chi connectivity index (χ2n) is 3.41. The Labute approximate surface area is 94.6 Å². The molecule has 3 nitrogen and oxygen atoms in total. The van der Waals surface area contributed by atoms with E-state index >= 15 is 0 Å². The summed E-state index contributed by atoms with van der Waals surface area (Å²) in [5.41, 5.74) is 2.47. The van der Waals surface area contributed by atoms with Crippen LogP contribution in [0.15, 0.2) is 48.7 Å². The van der Waals surface area contributed by atoms with Crippen LogP contribution in [0.2, 0.25) is 0 Å². The Morgan fingerprint density at radius 2 is 1.88 bits per heavy atom. The zero-order chi connectivity index (χ0) is 11.4. The highest BCUT2D eigenvalue weighted by Crippen LogP contribution is 2.22. The number of nitrogens with zero attached hydrogens (tertiary/aromatic N) is 3. The first-order chi connectivity index (χ1) is 7.81. The fourth-order valence-corrected chi connectivity index (χ4v) is 1.49. The molecule has 1 heterocycles. The Balaban J connectivity index is 2.35. The first-order valence-electron chi connectivity index (χ1n) is 4.96. The summed E-state index contributed by atoms with van der Waals surface area (Å²) in [4.78, 5) is 5.96. The second kappa shape index (κ2) is 4.45. The third-order valence-electron chi connectivity index (χ3n) is 2.39. The largest absolute Gasteiger partial charge is 0.344 e. The van der Waals surface area contributed by atoms with Crippen molar-refractivity contribution in [2.45, 2.75) is 0 Å². The highest BCUT2D eigenvalue weighted by Gasteiger charge is 2.03. The number of pyridine rings is 1. The van der Waals surface area contributed by atoms with Gasteiger partial charge in [-0.15, -0.1) is 0 Å². The zero-order valence-electron chi connectivity index (χ0n) is 8.96. The molecule has 0 aliphatic heterocycles. The fraction of sp³-hybridized carbons (Fsp3) is 0.0769. The molecule has 2 aromatic rings. The average Bonchev–Trinajstić information content (AvgIpc) is 2.39. The molecule has 78 valence electrons. The minimum Gasteiger partial charge on any atom is -0.344 e. The second-order valence-corrected chi connectivity index (χ2v) is 3.41. The number of para-hydroxylation sites is 1. The molecule has 1 aromatic heterocycles. The van der Waals surface area contributed by atoms with E-state index in [2.05, 4.69) is 4.98 Å². The van der Waals surface area contributed by atoms with Crippen molar-refractivity contribution in [2.24, 2.45) is 0 Å². The van der Waals surface area contributed by atoms with E-state index in [4.69, 9.17) is 5.26 Å². The lowest BCUT2D eigenvalue weighted by atomic mass is 10.2. The number of hydrogen-bond donors (Lipinski definition) is 0. The summed E-state index contributed by atoms with van der Waals surface area (Å²) in [5.74, 6) is 0. The minimum absolute atomic E-state index is 0.431. The standard InChI is InChI=1S/C13H11N3/c1-16(12-5-3-2-4-6-12)13-7-8-15-11(9-13)10-14/h2-9H,1H3. The predicted octanol–water partition coefficient (Wildman–Crippen LogP) is 2.72. The first-order valence-corrected chi connectivity index (χ1v) is 4.96. The molecule has 0 unspecified atom stereocenters. The molecule has 3 heteroatoms. The van der Waals surface area contributed by atoms with Gasteiger partial charge >= 0.3 is 0 Å². The van der Waals surface area contributed by atoms with Crippen LogP contribution < -0.4 is 4.90 Å². The molecule has 0 atom stereocenters. The van der Waals surface area contributed by atoms with E-state index in [1.165, 1.54) is 0 Å². The van der Waals surface area contributed by atoms with Gasteiger partial charge in [0.25, 0.3) is 0 Å². The molecular weight excluding hydrogens is 198 g/mol. The monoisotopic (exact) mass is 209 g/mol. The molecule has 0 aliphatic carbocycles. The molecule has 0 radical (unpaired) electrons. The van der Waals surface area contributed by atoms with Gasteiger partial charge in [0.2, 0.25) is 0 Å². The van der Waals surface area contributed by atoms with Crippen molar-refractivity contribution in [1.29, 1.82) is 5.26 Å². The van der Waals surface area contributed by atoms with Crippen molar-refractivity contribution in [3.63, 3.8) is 0 Å². The van der Waals surface area contributed by atoms with Gasteiger partial charge in [0.05, 0.1) is 0 Å². The van der Waals surface area contributed by atoms with E-state index in [1.807, 2.05) is 54.4 Å². The summed E-state index contributed by atoms with van der Waals surface area (Å²) in [5, 5.41) is 8.78. The van der Waals surface area contributed by atoms with Crippen LogP contribution in [0.25, 0.3) is 0 Å². The highest BCUT2D eigenvalue weighted by atomic mass is 15.1. The van der Waals surface area contributed by atoms with Gasteiger partial charge in [-0.1, -0.05) is 18.2 Å². The molecule has 0 bridgehead atoms. The van der Waals surface area contributed by atoms with Gasteiger partial charge in [0.1, 0.15) is 11.8 Å². The summed E-state index contributed by atoms with van der Waals surface area (Å²) in [6.45, 7) is 0. The van der Waals surface area contributed by atoms with Gasteiger partial charge in [-0.3, -0.25) is 0 Å². The molecule has 0 aliphatic rings. The summed E-state index contributed by atoms with van der Waals surface area (Å²) in [6.07, 6.45) is 1.65. The maximum absolute atomic E-state index is 8.78. The van der Waals surface area contributed by atoms with Crippen LogP contribution >= 0.6 is 0 Å². The van der Waals surface area contributed by atoms with Crippen LogP contribution in [0.5, 0.6) is 0 Å². The van der Waals surface area contributed by atoms with E-state index in [9.17, 15) is 0 Å². The third kappa shape index (κ3) is 2.01. The molecule has 0 amide bonds. The van der Waals surface area contributed by atoms with Crippen LogP contribution in [0.1, 0.15) is 5.69 Å². The fourth-order valence-electron chi connectivity index (χ4n) is 1.49. The van der Waals surface area contributed by atoms with Crippen LogP contribution in [-0.4, -0.2) is 12.0 Å². The van der Waals surface area contributed by atoms with E-state index in [1.54, 1.807) is 12.3 Å². The molecule has 0 saturated carbocycles. The van der Waals surface area contributed by atoms with E-state index < -0.39 is 0 Å². The van der Waals surface area contributed by atoms with Crippen LogP contribution in [0, 0.1) is 11.3 Å². The molecular formula is C13H11N3. The SMILES string of the molecule is CN(c1ccccc1)c1ccnc(C#N)c1. The Hall–Kier alpha value is -2.34. The Bertz CT molecular complexity index is 514. The summed E-state index contributed by atoms with van der Waals surface area (Å²) in [7, 11) is 1.96. The molecule has 0 N–H and O–H groups in total. The quantitative estimate of drug-likeness (QED) is 0.763. The molecule has 16 heavy (non-hydrogen) atoms. The lowest BCUT2D eigenvalue weighted by Crippen LogP contribution is -2.09. The van der Waals surface area contributed by atoms with Crippen molar-refractivity contribution in [2.75, 3.05) is 11.9 Å². The number of anilines is 2. The van der Waals surface area contributed by atoms with Gasteiger partial charge < -0.3 is 4.90 Å². The molecule has 0 fully saturated rings. The van der Waals surface area contributed by atoms with Crippen molar-refractivity contribution >= 4 is 11.4 Å². The van der Waals surface area contributed by atoms with Gasteiger partial charge in [-0.25, -0.2) is 4.98 Å². The van der Waals surface area contributed by atoms with Crippen LogP contribution in [-0.2, 0) is 0 Å². The van der Waals surface area contributed by atoms with Crippen molar-refractivity contribution in [3.05, 3.63) is 54.4 Å². The first kappa shape index (κ1) is 10.2. The zero-order valence-corrected chi connectivity index (χ0v) is 8.96. The number of hydrogen-bond acceptors (Lipinski definition) is 3. The third-order valence-corrected chi connectivity index (χ3v) is 2.39. The topological polar surface area (TPSA) is 39.9 Å². The van der Waals surface area contributed by atoms with E-state index in [0.717, 1.165) is 11.4 Å². The van der Waals surface area contributed by atoms with Gasteiger partial charge in [-0.2, -0.15) is 5.26 Å². The molecule has 0 saturated heterocycles. The maximum atomic E-state index is 8.78. The summed E-state index contributed by atoms with van der Waals surface area (Å²) < 4.78 is 0. The Morgan fingerprint density at radius 3 is 2.56 bits per heavy atom. The Morgan fingerprint density at radius 1 is 1.12 bits per heavy atom. The smallest absolute Gasteiger partial charge is 0.142 e. The van der Waals surface area contributed by atoms with E-state index in [0.29, 0.717) is 5.69 Å². The lowest BCUT2D eigenvalue weighted by Gasteiger charge is -2.19. The normalized spacial score (nSPS) is 9.50. The lowest BCUT2D eigenvalue weighted by molar-refractivity contribution is 1.17. The molecule has 2 rings (SSSR count). The van der Waals surface area contributed by atoms with Crippen LogP contribution in [0.3, 0.4) is 0 Å². The summed E-state index contributed by atoms with van der Waals surface area (Å²) in [6, 6.07) is 15.7. The van der Waals surface area contributed by atoms with Gasteiger partial charge in [0, 0.05) is 24.6 Å². The Kier molecular flexibility index (Phi) is 2.84. The van der Waals surface area contributed by atoms with E-state index in [-0.39, 0.29) is 0 Å². The number of rotatable bonds is 2. The molecule has 0 spiro atoms. The minimum atomic E-state index is 0.431. The highest BCUT2D eigenvalue weighted by molar-refractivity contribution is 5.62. The number of nitriles is 1. The number of benzene rings is 1. The van der Waals surface area contributed by atoms with Crippen molar-refractivity contribution in [3.8, 4) is 6.07 Å². The van der Waals surface area contributed by atoms with Crippen molar-refractivity contribution < 1.29 is 0 Å². The van der Waals surface area contributed by atoms with Gasteiger partial charge in [-0.05, 0) is 24.3 Å². The summed E-state index contributed by atoms with van der Waals surface area (Å²) >= 11 is 0. The number of aromatic nitrogens is 1. The van der Waals surface area contributed by atoms with Gasteiger partial charge in [0.15, 0.2) is 0 Å². The molecule has 1 aromatic carbocycles. The average molecular weight is 209 g/mol.